The first-order chi connectivity index (χ1) is 15.1. The number of aromatic nitrogens is 2. The van der Waals surface area contributed by atoms with Gasteiger partial charge in [0.25, 0.3) is 5.91 Å². The average molecular weight is 419 g/mol. The van der Waals surface area contributed by atoms with Crippen molar-refractivity contribution in [3.63, 3.8) is 0 Å². The van der Waals surface area contributed by atoms with Crippen molar-refractivity contribution in [3.05, 3.63) is 76.6 Å². The Balaban J connectivity index is 1.48. The third-order valence-electron chi connectivity index (χ3n) is 5.53. The van der Waals surface area contributed by atoms with E-state index in [4.69, 9.17) is 4.74 Å². The topological polar surface area (TPSA) is 81.5 Å². The maximum atomic E-state index is 13.1. The van der Waals surface area contributed by atoms with Gasteiger partial charge in [-0.2, -0.15) is 5.10 Å². The number of benzene rings is 2. The van der Waals surface area contributed by atoms with Crippen LogP contribution in [-0.4, -0.2) is 39.6 Å². The summed E-state index contributed by atoms with van der Waals surface area (Å²) < 4.78 is 7.29. The number of likely N-dealkylation sites (tertiary alicyclic amines) is 1. The molecule has 2 aromatic carbocycles. The van der Waals surface area contributed by atoms with Crippen molar-refractivity contribution in [1.29, 1.82) is 0 Å². The summed E-state index contributed by atoms with van der Waals surface area (Å²) in [5.41, 5.74) is 1.16. The third kappa shape index (κ3) is 4.82. The molecule has 1 aromatic heterocycles. The maximum absolute atomic E-state index is 13.1. The Bertz CT molecular complexity index is 1120. The van der Waals surface area contributed by atoms with Crippen LogP contribution in [0.3, 0.4) is 0 Å². The van der Waals surface area contributed by atoms with Gasteiger partial charge in [-0.1, -0.05) is 42.5 Å². The van der Waals surface area contributed by atoms with E-state index in [9.17, 15) is 14.4 Å². The lowest BCUT2D eigenvalue weighted by Gasteiger charge is -2.30. The molecule has 1 amide bonds. The zero-order valence-corrected chi connectivity index (χ0v) is 17.3. The average Bonchev–Trinajstić information content (AvgIpc) is 2.83. The Kier molecular flexibility index (Phi) is 6.40. The summed E-state index contributed by atoms with van der Waals surface area (Å²) in [7, 11) is 0. The number of hydrogen-bond donors (Lipinski definition) is 0. The van der Waals surface area contributed by atoms with Gasteiger partial charge < -0.3 is 9.64 Å². The lowest BCUT2D eigenvalue weighted by Crippen LogP contribution is -2.40. The van der Waals surface area contributed by atoms with Crippen LogP contribution in [0.1, 0.15) is 37.4 Å². The molecular formula is C24H25N3O4. The van der Waals surface area contributed by atoms with E-state index in [-0.39, 0.29) is 24.3 Å². The number of piperidine rings is 1. The number of nitrogens with zero attached hydrogens (tertiary/aromatic N) is 3. The largest absolute Gasteiger partial charge is 0.447 e. The highest BCUT2D eigenvalue weighted by Gasteiger charge is 2.30. The molecule has 31 heavy (non-hydrogen) atoms. The van der Waals surface area contributed by atoms with Crippen molar-refractivity contribution in [2.75, 3.05) is 13.1 Å². The van der Waals surface area contributed by atoms with Crippen LogP contribution in [0.15, 0.2) is 65.6 Å². The Morgan fingerprint density at radius 3 is 2.45 bits per heavy atom. The fraction of sp³-hybridized carbons (Fsp3) is 0.333. The van der Waals surface area contributed by atoms with Crippen LogP contribution in [-0.2, 0) is 20.9 Å². The van der Waals surface area contributed by atoms with Crippen LogP contribution in [0.2, 0.25) is 0 Å². The molecule has 1 unspecified atom stereocenters. The second kappa shape index (κ2) is 9.55. The van der Waals surface area contributed by atoms with E-state index >= 15 is 0 Å². The lowest BCUT2D eigenvalue weighted by atomic mass is 10.1. The Morgan fingerprint density at radius 2 is 1.68 bits per heavy atom. The van der Waals surface area contributed by atoms with Crippen LogP contribution < -0.4 is 5.43 Å². The van der Waals surface area contributed by atoms with E-state index in [1.807, 2.05) is 24.3 Å². The predicted molar refractivity (Wildman–Crippen MR) is 116 cm³/mol. The summed E-state index contributed by atoms with van der Waals surface area (Å²) in [6, 6.07) is 16.3. The van der Waals surface area contributed by atoms with Crippen LogP contribution in [0.4, 0.5) is 0 Å². The number of fused-ring (bicyclic) bond motifs is 1. The molecule has 1 aliphatic heterocycles. The highest BCUT2D eigenvalue weighted by molar-refractivity contribution is 5.85. The maximum Gasteiger partial charge on any atom is 0.308 e. The van der Waals surface area contributed by atoms with Crippen molar-refractivity contribution in [2.45, 2.75) is 38.3 Å². The molecule has 0 saturated carbocycles. The first-order valence-corrected chi connectivity index (χ1v) is 10.6. The molecule has 0 aliphatic carbocycles. The van der Waals surface area contributed by atoms with Crippen molar-refractivity contribution >= 4 is 22.8 Å². The second-order valence-electron chi connectivity index (χ2n) is 7.67. The second-order valence-corrected chi connectivity index (χ2v) is 7.67. The molecule has 160 valence electrons. The Labute approximate surface area is 180 Å². The first-order valence-electron chi connectivity index (χ1n) is 10.6. The molecule has 1 aliphatic rings. The van der Waals surface area contributed by atoms with Gasteiger partial charge in [-0.15, -0.1) is 0 Å². The summed E-state index contributed by atoms with van der Waals surface area (Å²) in [5.74, 6) is -0.657. The monoisotopic (exact) mass is 419 g/mol. The van der Waals surface area contributed by atoms with Gasteiger partial charge in [0.15, 0.2) is 0 Å². The summed E-state index contributed by atoms with van der Waals surface area (Å²) in [6.07, 6.45) is 3.38. The third-order valence-corrected chi connectivity index (χ3v) is 5.53. The zero-order chi connectivity index (χ0) is 21.6. The van der Waals surface area contributed by atoms with Gasteiger partial charge in [-0.3, -0.25) is 19.1 Å². The number of carbonyl (C=O) groups is 2. The summed E-state index contributed by atoms with van der Waals surface area (Å²) in [4.78, 5) is 39.6. The van der Waals surface area contributed by atoms with Crippen LogP contribution in [0, 0.1) is 0 Å². The highest BCUT2D eigenvalue weighted by atomic mass is 16.5. The van der Waals surface area contributed by atoms with Crippen LogP contribution >= 0.6 is 0 Å². The SMILES string of the molecule is O=C(CCn1ncc(=O)c2ccccc21)OC(C(=O)N1CCCCC1)c1ccccc1. The Hall–Kier alpha value is -3.48. The molecule has 0 bridgehead atoms. The van der Waals surface area contributed by atoms with Crippen LogP contribution in [0.5, 0.6) is 0 Å². The predicted octanol–water partition coefficient (Wildman–Crippen LogP) is 3.08. The number of aryl methyl sites for hydroxylation is 1. The number of esters is 1. The Morgan fingerprint density at radius 1 is 0.968 bits per heavy atom. The minimum atomic E-state index is -0.953. The smallest absolute Gasteiger partial charge is 0.308 e. The van der Waals surface area contributed by atoms with E-state index in [2.05, 4.69) is 5.10 Å². The van der Waals surface area contributed by atoms with E-state index in [1.165, 1.54) is 6.20 Å². The molecule has 1 saturated heterocycles. The van der Waals surface area contributed by atoms with Crippen molar-refractivity contribution < 1.29 is 14.3 Å². The summed E-state index contributed by atoms with van der Waals surface area (Å²) >= 11 is 0. The van der Waals surface area contributed by atoms with Crippen molar-refractivity contribution in [1.82, 2.24) is 14.7 Å². The molecule has 2 heterocycles. The van der Waals surface area contributed by atoms with E-state index in [0.29, 0.717) is 29.6 Å². The van der Waals surface area contributed by atoms with E-state index < -0.39 is 12.1 Å². The number of hydrogen-bond acceptors (Lipinski definition) is 5. The molecule has 1 atom stereocenters. The minimum absolute atomic E-state index is 0.0382. The standard InChI is InChI=1S/C24H25N3O4/c28-21-17-25-27(20-12-6-5-11-19(20)21)16-13-22(29)31-23(18-9-3-1-4-10-18)24(30)26-14-7-2-8-15-26/h1,3-6,9-12,17,23H,2,7-8,13-16H2. The first kappa shape index (κ1) is 20.8. The van der Waals surface area contributed by atoms with Gasteiger partial charge >= 0.3 is 5.97 Å². The van der Waals surface area contributed by atoms with E-state index in [0.717, 1.165) is 19.3 Å². The van der Waals surface area contributed by atoms with Crippen LogP contribution in [0.25, 0.3) is 10.9 Å². The fourth-order valence-corrected chi connectivity index (χ4v) is 3.90. The number of amides is 1. The molecule has 7 nitrogen and oxygen atoms in total. The zero-order valence-electron chi connectivity index (χ0n) is 17.3. The lowest BCUT2D eigenvalue weighted by molar-refractivity contribution is -0.161. The fourth-order valence-electron chi connectivity index (χ4n) is 3.90. The van der Waals surface area contributed by atoms with Gasteiger partial charge in [-0.25, -0.2) is 0 Å². The molecule has 1 fully saturated rings. The minimum Gasteiger partial charge on any atom is -0.447 e. The van der Waals surface area contributed by atoms with Gasteiger partial charge in [0.1, 0.15) is 0 Å². The van der Waals surface area contributed by atoms with Gasteiger partial charge in [-0.05, 0) is 31.4 Å². The summed E-state index contributed by atoms with van der Waals surface area (Å²) in [6.45, 7) is 1.62. The normalized spacial score (nSPS) is 14.9. The van der Waals surface area contributed by atoms with Gasteiger partial charge in [0, 0.05) is 24.0 Å². The highest BCUT2D eigenvalue weighted by Crippen LogP contribution is 2.23. The molecule has 0 spiro atoms. The number of para-hydroxylation sites is 1. The number of carbonyl (C=O) groups excluding carboxylic acids is 2. The van der Waals surface area contributed by atoms with Crippen molar-refractivity contribution in [2.24, 2.45) is 0 Å². The quantitative estimate of drug-likeness (QED) is 0.574. The molecule has 0 N–H and O–H groups in total. The van der Waals surface area contributed by atoms with Gasteiger partial charge in [0.05, 0.1) is 24.7 Å². The molecule has 7 heteroatoms. The molecular weight excluding hydrogens is 394 g/mol. The summed E-state index contributed by atoms with van der Waals surface area (Å²) in [5, 5.41) is 4.69. The molecule has 0 radical (unpaired) electrons. The van der Waals surface area contributed by atoms with Crippen molar-refractivity contribution in [3.8, 4) is 0 Å². The molecule has 3 aromatic rings. The molecule has 4 rings (SSSR count). The number of rotatable bonds is 6. The number of ether oxygens (including phenoxy) is 1. The van der Waals surface area contributed by atoms with Gasteiger partial charge in [0.2, 0.25) is 11.5 Å². The van der Waals surface area contributed by atoms with E-state index in [1.54, 1.807) is 39.9 Å².